The topological polar surface area (TPSA) is 75.6 Å². The van der Waals surface area contributed by atoms with E-state index in [0.29, 0.717) is 6.42 Å². The maximum Gasteiger partial charge on any atom is 0.407 e. The zero-order valence-corrected chi connectivity index (χ0v) is 15.9. The third-order valence-electron chi connectivity index (χ3n) is 5.55. The van der Waals surface area contributed by atoms with Crippen molar-refractivity contribution in [3.05, 3.63) is 59.7 Å². The lowest BCUT2D eigenvalue weighted by atomic mass is 9.82. The lowest BCUT2D eigenvalue weighted by molar-refractivity contribution is -0.142. The van der Waals surface area contributed by atoms with Crippen LogP contribution in [0.15, 0.2) is 48.5 Å². The van der Waals surface area contributed by atoms with E-state index in [1.165, 1.54) is 0 Å². The van der Waals surface area contributed by atoms with Crippen LogP contribution in [0.25, 0.3) is 11.1 Å². The van der Waals surface area contributed by atoms with Crippen molar-refractivity contribution in [2.24, 2.45) is 5.41 Å². The summed E-state index contributed by atoms with van der Waals surface area (Å²) in [6, 6.07) is 15.2. The number of carbonyl (C=O) groups is 2. The molecule has 3 rings (SSSR count). The Kier molecular flexibility index (Phi) is 5.22. The van der Waals surface area contributed by atoms with Crippen molar-refractivity contribution in [1.82, 2.24) is 5.32 Å². The number of hydrogen-bond acceptors (Lipinski definition) is 3. The quantitative estimate of drug-likeness (QED) is 0.793. The average Bonchev–Trinajstić information content (AvgIpc) is 2.98. The number of fused-ring (bicyclic) bond motifs is 3. The van der Waals surface area contributed by atoms with Gasteiger partial charge in [-0.3, -0.25) is 0 Å². The molecule has 5 nitrogen and oxygen atoms in total. The molecule has 0 saturated carbocycles. The van der Waals surface area contributed by atoms with E-state index in [2.05, 4.69) is 17.4 Å². The fraction of sp³-hybridized carbons (Fsp3) is 0.364. The Morgan fingerprint density at radius 1 is 1.07 bits per heavy atom. The lowest BCUT2D eigenvalue weighted by Gasteiger charge is -2.30. The molecule has 142 valence electrons. The molecule has 0 fully saturated rings. The van der Waals surface area contributed by atoms with E-state index in [1.54, 1.807) is 0 Å². The van der Waals surface area contributed by atoms with Gasteiger partial charge in [0.25, 0.3) is 0 Å². The number of nitrogens with one attached hydrogen (secondary N) is 1. The fourth-order valence-corrected chi connectivity index (χ4v) is 3.55. The highest BCUT2D eigenvalue weighted by Gasteiger charge is 2.36. The highest BCUT2D eigenvalue weighted by molar-refractivity contribution is 5.81. The van der Waals surface area contributed by atoms with Gasteiger partial charge in [0.2, 0.25) is 0 Å². The van der Waals surface area contributed by atoms with E-state index in [-0.39, 0.29) is 12.5 Å². The maximum atomic E-state index is 12.3. The first kappa shape index (κ1) is 19.0. The normalized spacial score (nSPS) is 14.2. The zero-order valence-electron chi connectivity index (χ0n) is 15.9. The van der Waals surface area contributed by atoms with Gasteiger partial charge in [-0.2, -0.15) is 0 Å². The first-order valence-electron chi connectivity index (χ1n) is 9.19. The predicted molar refractivity (Wildman–Crippen MR) is 104 cm³/mol. The smallest absolute Gasteiger partial charge is 0.407 e. The second-order valence-electron chi connectivity index (χ2n) is 7.58. The Morgan fingerprint density at radius 2 is 1.59 bits per heavy atom. The maximum absolute atomic E-state index is 12.3. The molecule has 0 radical (unpaired) electrons. The number of carboxylic acid groups (broad SMARTS) is 1. The van der Waals surface area contributed by atoms with Crippen molar-refractivity contribution >= 4 is 12.1 Å². The van der Waals surface area contributed by atoms with Crippen LogP contribution in [-0.4, -0.2) is 29.8 Å². The molecule has 0 bridgehead atoms. The molecule has 5 heteroatoms. The van der Waals surface area contributed by atoms with Gasteiger partial charge >= 0.3 is 12.1 Å². The summed E-state index contributed by atoms with van der Waals surface area (Å²) in [4.78, 5) is 23.9. The lowest BCUT2D eigenvalue weighted by Crippen LogP contribution is -2.50. The first-order valence-corrected chi connectivity index (χ1v) is 9.19. The number of carboxylic acids is 1. The third kappa shape index (κ3) is 3.68. The van der Waals surface area contributed by atoms with E-state index < -0.39 is 23.5 Å². The molecule has 0 aromatic heterocycles. The van der Waals surface area contributed by atoms with Gasteiger partial charge in [-0.15, -0.1) is 0 Å². The average molecular weight is 367 g/mol. The van der Waals surface area contributed by atoms with Gasteiger partial charge < -0.3 is 15.2 Å². The predicted octanol–water partition coefficient (Wildman–Crippen LogP) is 4.41. The summed E-state index contributed by atoms with van der Waals surface area (Å²) < 4.78 is 5.45. The summed E-state index contributed by atoms with van der Waals surface area (Å²) in [7, 11) is 0. The van der Waals surface area contributed by atoms with Crippen LogP contribution in [0.3, 0.4) is 0 Å². The minimum Gasteiger partial charge on any atom is -0.480 e. The van der Waals surface area contributed by atoms with E-state index in [9.17, 15) is 14.7 Å². The minimum atomic E-state index is -1.06. The highest BCUT2D eigenvalue weighted by Crippen LogP contribution is 2.44. The molecule has 1 amide bonds. The molecule has 0 saturated heterocycles. The largest absolute Gasteiger partial charge is 0.480 e. The van der Waals surface area contributed by atoms with Crippen molar-refractivity contribution in [3.63, 3.8) is 0 Å². The second kappa shape index (κ2) is 7.43. The van der Waals surface area contributed by atoms with Crippen molar-refractivity contribution < 1.29 is 19.4 Å². The van der Waals surface area contributed by atoms with Crippen LogP contribution in [-0.2, 0) is 9.53 Å². The SMILES string of the molecule is CCC(C)(C)[C@H](NC(=O)OCC1c2ccccc2-c2ccccc21)C(=O)O. The molecule has 1 atom stereocenters. The van der Waals surface area contributed by atoms with E-state index in [0.717, 1.165) is 22.3 Å². The number of hydrogen-bond donors (Lipinski definition) is 2. The van der Waals surface area contributed by atoms with Crippen LogP contribution in [0.2, 0.25) is 0 Å². The molecule has 1 aliphatic rings. The fourth-order valence-electron chi connectivity index (χ4n) is 3.55. The van der Waals surface area contributed by atoms with Crippen LogP contribution in [0, 0.1) is 5.41 Å². The summed E-state index contributed by atoms with van der Waals surface area (Å²) >= 11 is 0. The van der Waals surface area contributed by atoms with Gasteiger partial charge in [0.1, 0.15) is 12.6 Å². The van der Waals surface area contributed by atoms with Crippen LogP contribution in [0.4, 0.5) is 4.79 Å². The van der Waals surface area contributed by atoms with Crippen LogP contribution < -0.4 is 5.32 Å². The molecule has 2 N–H and O–H groups in total. The first-order chi connectivity index (χ1) is 12.8. The molecule has 27 heavy (non-hydrogen) atoms. The Balaban J connectivity index is 1.73. The number of amides is 1. The van der Waals surface area contributed by atoms with Crippen molar-refractivity contribution in [2.45, 2.75) is 39.2 Å². The zero-order chi connectivity index (χ0) is 19.6. The van der Waals surface area contributed by atoms with Crippen molar-refractivity contribution in [1.29, 1.82) is 0 Å². The standard InChI is InChI=1S/C22H25NO4/c1-4-22(2,3)19(20(24)25)23-21(26)27-13-18-16-11-7-5-9-14(16)15-10-6-8-12-17(15)18/h5-12,18-19H,4,13H2,1-3H3,(H,23,26)(H,24,25)/t19-/m1/s1. The van der Waals surface area contributed by atoms with Crippen molar-refractivity contribution in [2.75, 3.05) is 6.61 Å². The summed E-state index contributed by atoms with van der Waals surface area (Å²) in [5.74, 6) is -1.11. The Morgan fingerprint density at radius 3 is 2.07 bits per heavy atom. The molecular formula is C22H25NO4. The Hall–Kier alpha value is -2.82. The van der Waals surface area contributed by atoms with E-state index in [4.69, 9.17) is 4.74 Å². The van der Waals surface area contributed by atoms with Crippen LogP contribution >= 0.6 is 0 Å². The highest BCUT2D eigenvalue weighted by atomic mass is 16.5. The molecule has 1 aliphatic carbocycles. The molecule has 0 aliphatic heterocycles. The Bertz CT molecular complexity index is 813. The summed E-state index contributed by atoms with van der Waals surface area (Å²) in [6.45, 7) is 5.69. The number of carbonyl (C=O) groups excluding carboxylic acids is 1. The Labute approximate surface area is 159 Å². The molecule has 0 spiro atoms. The van der Waals surface area contributed by atoms with Crippen LogP contribution in [0.5, 0.6) is 0 Å². The van der Waals surface area contributed by atoms with Gasteiger partial charge in [0.05, 0.1) is 0 Å². The van der Waals surface area contributed by atoms with E-state index in [1.807, 2.05) is 57.2 Å². The van der Waals surface area contributed by atoms with Gasteiger partial charge in [-0.25, -0.2) is 9.59 Å². The number of aliphatic carboxylic acids is 1. The number of rotatable bonds is 6. The third-order valence-corrected chi connectivity index (χ3v) is 5.55. The van der Waals surface area contributed by atoms with Gasteiger partial charge in [0, 0.05) is 5.92 Å². The monoisotopic (exact) mass is 367 g/mol. The number of benzene rings is 2. The minimum absolute atomic E-state index is 0.0504. The second-order valence-corrected chi connectivity index (χ2v) is 7.58. The van der Waals surface area contributed by atoms with Gasteiger partial charge in [-0.05, 0) is 34.1 Å². The van der Waals surface area contributed by atoms with Gasteiger partial charge in [-0.1, -0.05) is 69.3 Å². The summed E-state index contributed by atoms with van der Waals surface area (Å²) in [5.41, 5.74) is 3.97. The molecule has 0 heterocycles. The van der Waals surface area contributed by atoms with Crippen molar-refractivity contribution in [3.8, 4) is 11.1 Å². The molecule has 2 aromatic carbocycles. The summed E-state index contributed by atoms with van der Waals surface area (Å²) in [5, 5.41) is 12.0. The van der Waals surface area contributed by atoms with E-state index >= 15 is 0 Å². The summed E-state index contributed by atoms with van der Waals surface area (Å²) in [6.07, 6.45) is -0.0843. The number of alkyl carbamates (subject to hydrolysis) is 1. The van der Waals surface area contributed by atoms with Gasteiger partial charge in [0.15, 0.2) is 0 Å². The molecular weight excluding hydrogens is 342 g/mol. The van der Waals surface area contributed by atoms with Crippen LogP contribution in [0.1, 0.15) is 44.2 Å². The number of ether oxygens (including phenoxy) is 1. The molecule has 0 unspecified atom stereocenters. The molecule has 2 aromatic rings.